The minimum atomic E-state index is -1.10. The Morgan fingerprint density at radius 1 is 0.592 bits per heavy atom. The summed E-state index contributed by atoms with van der Waals surface area (Å²) < 4.78 is 61.7. The van der Waals surface area contributed by atoms with Crippen LogP contribution in [-0.2, 0) is 90.5 Å². The van der Waals surface area contributed by atoms with Gasteiger partial charge in [0.05, 0.1) is 52.2 Å². The summed E-state index contributed by atoms with van der Waals surface area (Å²) in [6, 6.07) is 6.69. The Hall–Kier alpha value is -5.63. The highest BCUT2D eigenvalue weighted by molar-refractivity contribution is 5.98. The lowest BCUT2D eigenvalue weighted by Gasteiger charge is -2.44. The number of esters is 5. The van der Waals surface area contributed by atoms with Crippen molar-refractivity contribution in [1.29, 1.82) is 0 Å². The van der Waals surface area contributed by atoms with Gasteiger partial charge in [-0.05, 0) is 6.42 Å². The number of carbonyl (C=O) groups excluding carboxylic acids is 9. The first-order chi connectivity index (χ1) is 33.8. The van der Waals surface area contributed by atoms with Crippen LogP contribution in [0.5, 0.6) is 0 Å². The maximum atomic E-state index is 13.4. The minimum Gasteiger partial charge on any atom is -0.463 e. The third kappa shape index (κ3) is 22.1. The lowest BCUT2D eigenvalue weighted by molar-refractivity contribution is -0.290. The number of rotatable bonds is 30. The van der Waals surface area contributed by atoms with Gasteiger partial charge in [-0.15, -0.1) is 0 Å². The Morgan fingerprint density at radius 2 is 1.13 bits per heavy atom. The molecule has 0 aromatic heterocycles. The molecule has 398 valence electrons. The number of hydrogen-bond donors (Lipinski definition) is 4. The van der Waals surface area contributed by atoms with Gasteiger partial charge < -0.3 is 68.1 Å². The van der Waals surface area contributed by atoms with E-state index in [0.29, 0.717) is 5.56 Å². The van der Waals surface area contributed by atoms with Crippen molar-refractivity contribution in [3.63, 3.8) is 0 Å². The third-order valence-electron chi connectivity index (χ3n) is 10.9. The van der Waals surface area contributed by atoms with E-state index in [9.17, 15) is 43.2 Å². The predicted octanol–water partition coefficient (Wildman–Crippen LogP) is 0.0545. The Bertz CT molecular complexity index is 1910. The summed E-state index contributed by atoms with van der Waals surface area (Å²) in [4.78, 5) is 110. The van der Waals surface area contributed by atoms with Crippen LogP contribution < -0.4 is 21.3 Å². The maximum Gasteiger partial charge on any atom is 0.303 e. The molecule has 1 aromatic rings. The molecule has 2 aliphatic heterocycles. The summed E-state index contributed by atoms with van der Waals surface area (Å²) in [5, 5.41) is 11.2. The second kappa shape index (κ2) is 31.7. The lowest BCUT2D eigenvalue weighted by Crippen LogP contribution is -2.63. The van der Waals surface area contributed by atoms with Gasteiger partial charge in [-0.1, -0.05) is 44.2 Å². The summed E-state index contributed by atoms with van der Waals surface area (Å²) in [5.41, 5.74) is 0.444. The molecule has 11 atom stereocenters. The van der Waals surface area contributed by atoms with Crippen molar-refractivity contribution in [2.24, 2.45) is 11.8 Å². The van der Waals surface area contributed by atoms with E-state index < -0.39 is 109 Å². The Morgan fingerprint density at radius 3 is 1.70 bits per heavy atom. The molecule has 0 aliphatic carbocycles. The van der Waals surface area contributed by atoms with Gasteiger partial charge in [0.2, 0.25) is 17.7 Å². The van der Waals surface area contributed by atoms with Crippen LogP contribution in [0.4, 0.5) is 0 Å². The zero-order valence-electron chi connectivity index (χ0n) is 41.6. The molecule has 0 bridgehead atoms. The van der Waals surface area contributed by atoms with Crippen LogP contribution in [0.15, 0.2) is 30.3 Å². The molecule has 2 unspecified atom stereocenters. The van der Waals surface area contributed by atoms with Crippen LogP contribution in [0.2, 0.25) is 0 Å². The van der Waals surface area contributed by atoms with E-state index in [1.807, 2.05) is 0 Å². The first-order valence-electron chi connectivity index (χ1n) is 23.4. The van der Waals surface area contributed by atoms with E-state index in [4.69, 9.17) is 52.1 Å². The summed E-state index contributed by atoms with van der Waals surface area (Å²) in [7, 11) is 0. The molecule has 0 saturated carbocycles. The number of carbonyl (C=O) groups is 9. The fourth-order valence-electron chi connectivity index (χ4n) is 7.54. The smallest absolute Gasteiger partial charge is 0.303 e. The van der Waals surface area contributed by atoms with Gasteiger partial charge in [-0.3, -0.25) is 48.5 Å². The molecule has 0 spiro atoms. The zero-order chi connectivity index (χ0) is 52.5. The minimum absolute atomic E-state index is 0.0203. The molecule has 3 amide bonds. The molecule has 0 radical (unpaired) electrons. The van der Waals surface area contributed by atoms with Crippen LogP contribution in [0.1, 0.15) is 78.6 Å². The molecule has 24 nitrogen and oxygen atoms in total. The van der Waals surface area contributed by atoms with Crippen LogP contribution in [0.3, 0.4) is 0 Å². The van der Waals surface area contributed by atoms with Gasteiger partial charge in [0, 0.05) is 78.5 Å². The number of benzene rings is 1. The van der Waals surface area contributed by atoms with E-state index >= 15 is 0 Å². The standard InChI is InChI=1S/C47H70N4O20/c1-27-38(25-65-30(4)53)70-47(41(51-29(3)52)42(27)67-32(6)55)64-23-21-62-19-17-49-45(60)36(50-24-37(58)35-12-10-9-11-13-35)14-15-40(59)48-16-18-61-20-22-63-46-28(2)43(68-33(7)56)44(69-34(8)57)39(71-46)26-66-31(5)54/h9-13,27-28,36,38-39,41-44,46-47,50H,14-26H2,1-8H3,(H,48,59)(H,49,60)(H,51,52)/t27-,28+,36+,38+,39+,41+,42-,43+,44-,46?,47?/m0/s1. The summed E-state index contributed by atoms with van der Waals surface area (Å²) in [6.45, 7) is 10.6. The Kier molecular flexibility index (Phi) is 26.6. The molecule has 2 fully saturated rings. The first-order valence-corrected chi connectivity index (χ1v) is 23.4. The van der Waals surface area contributed by atoms with Crippen LogP contribution in [-0.4, -0.2) is 181 Å². The second-order valence-corrected chi connectivity index (χ2v) is 16.7. The average molecular weight is 1010 g/mol. The Balaban J connectivity index is 1.46. The molecule has 1 aromatic carbocycles. The van der Waals surface area contributed by atoms with Gasteiger partial charge in [-0.2, -0.15) is 0 Å². The number of nitrogens with one attached hydrogen (secondary N) is 4. The van der Waals surface area contributed by atoms with E-state index in [0.717, 1.165) is 0 Å². The van der Waals surface area contributed by atoms with Gasteiger partial charge >= 0.3 is 29.8 Å². The fourth-order valence-corrected chi connectivity index (χ4v) is 7.54. The van der Waals surface area contributed by atoms with Crippen molar-refractivity contribution in [2.45, 2.75) is 123 Å². The van der Waals surface area contributed by atoms with E-state index in [1.54, 1.807) is 44.2 Å². The SMILES string of the molecule is CC(=O)N[C@H]1C(OCCOCCNC(=O)[C@@H](CCC(=O)NCCOCCOC2O[C@H](COC(C)=O)[C@H](OC(C)=O)[C@H](OC(C)=O)[C@H]2C)NCC(=O)c2ccccc2)O[C@H](COC(C)=O)[C@H](C)[C@@H]1OC(C)=O. The second-order valence-electron chi connectivity index (χ2n) is 16.7. The quantitative estimate of drug-likeness (QED) is 0.0343. The molecular formula is C47H70N4O20. The van der Waals surface area contributed by atoms with Crippen molar-refractivity contribution < 1.29 is 95.3 Å². The molecule has 2 saturated heterocycles. The van der Waals surface area contributed by atoms with Crippen LogP contribution >= 0.6 is 0 Å². The lowest BCUT2D eigenvalue weighted by atomic mass is 9.89. The largest absolute Gasteiger partial charge is 0.463 e. The highest BCUT2D eigenvalue weighted by atomic mass is 16.7. The highest BCUT2D eigenvalue weighted by Gasteiger charge is 2.49. The molecule has 4 N–H and O–H groups in total. The Labute approximate surface area is 412 Å². The van der Waals surface area contributed by atoms with Crippen molar-refractivity contribution in [3.8, 4) is 0 Å². The van der Waals surface area contributed by atoms with E-state index in [2.05, 4.69) is 21.3 Å². The molecule has 3 rings (SSSR count). The molecule has 2 heterocycles. The monoisotopic (exact) mass is 1010 g/mol. The van der Waals surface area contributed by atoms with Crippen LogP contribution in [0, 0.1) is 11.8 Å². The normalized spacial score (nSPS) is 24.3. The number of amides is 3. The highest BCUT2D eigenvalue weighted by Crippen LogP contribution is 2.32. The van der Waals surface area contributed by atoms with Gasteiger partial charge in [-0.25, -0.2) is 0 Å². The van der Waals surface area contributed by atoms with Crippen LogP contribution in [0.25, 0.3) is 0 Å². The maximum absolute atomic E-state index is 13.4. The van der Waals surface area contributed by atoms with Crippen molar-refractivity contribution in [1.82, 2.24) is 21.3 Å². The molecule has 71 heavy (non-hydrogen) atoms. The summed E-state index contributed by atoms with van der Waals surface area (Å²) >= 11 is 0. The number of ketones is 1. The predicted molar refractivity (Wildman–Crippen MR) is 245 cm³/mol. The van der Waals surface area contributed by atoms with Gasteiger partial charge in [0.25, 0.3) is 0 Å². The average Bonchev–Trinajstić information content (AvgIpc) is 3.30. The fraction of sp³-hybridized carbons (Fsp3) is 0.681. The van der Waals surface area contributed by atoms with E-state index in [1.165, 1.54) is 41.5 Å². The third-order valence-corrected chi connectivity index (χ3v) is 10.9. The first kappa shape index (κ1) is 59.7. The van der Waals surface area contributed by atoms with E-state index in [-0.39, 0.29) is 97.0 Å². The van der Waals surface area contributed by atoms with Crippen molar-refractivity contribution >= 4 is 53.4 Å². The summed E-state index contributed by atoms with van der Waals surface area (Å²) in [6.07, 6.45) is -6.71. The number of ether oxygens (including phenoxy) is 11. The van der Waals surface area contributed by atoms with Crippen molar-refractivity contribution in [2.75, 3.05) is 72.5 Å². The summed E-state index contributed by atoms with van der Waals surface area (Å²) in [5.74, 6) is -5.60. The molecular weight excluding hydrogens is 941 g/mol. The topological polar surface area (TPSA) is 303 Å². The molecule has 24 heteroatoms. The molecule has 2 aliphatic rings. The zero-order valence-corrected chi connectivity index (χ0v) is 41.6. The number of hydrogen-bond acceptors (Lipinski definition) is 21. The van der Waals surface area contributed by atoms with Gasteiger partial charge in [0.1, 0.15) is 43.7 Å². The number of Topliss-reactive ketones (excluding diaryl/α,β-unsaturated/α-hetero) is 1. The van der Waals surface area contributed by atoms with Crippen molar-refractivity contribution in [3.05, 3.63) is 35.9 Å². The van der Waals surface area contributed by atoms with Gasteiger partial charge in [0.15, 0.2) is 24.5 Å².